The Hall–Kier alpha value is -0.650. The molecule has 2 N–H and O–H groups in total. The molecule has 0 saturated heterocycles. The maximum Gasteiger partial charge on any atom is 0.217 e. The van der Waals surface area contributed by atoms with Gasteiger partial charge in [0.05, 0.1) is 12.0 Å². The van der Waals surface area contributed by atoms with E-state index in [2.05, 4.69) is 14.3 Å². The van der Waals surface area contributed by atoms with Crippen molar-refractivity contribution in [2.45, 2.75) is 5.16 Å². The van der Waals surface area contributed by atoms with Gasteiger partial charge >= 0.3 is 0 Å². The van der Waals surface area contributed by atoms with Crippen LogP contribution in [0.4, 0.5) is 0 Å². The van der Waals surface area contributed by atoms with E-state index in [1.807, 2.05) is 0 Å². The summed E-state index contributed by atoms with van der Waals surface area (Å²) in [6, 6.07) is 1.72. The Bertz CT molecular complexity index is 169. The molecule has 4 nitrogen and oxygen atoms in total. The van der Waals surface area contributed by atoms with Crippen LogP contribution in [0.25, 0.3) is 0 Å². The van der Waals surface area contributed by atoms with Crippen LogP contribution >= 0.6 is 12.0 Å². The number of nitrogens with zero attached hydrogens (tertiary/aromatic N) is 2. The summed E-state index contributed by atoms with van der Waals surface area (Å²) in [7, 11) is 0. The number of hydrogen-bond acceptors (Lipinski definition) is 5. The molecule has 1 aromatic rings. The third-order valence-corrected chi connectivity index (χ3v) is 1.12. The van der Waals surface area contributed by atoms with Crippen LogP contribution in [0.3, 0.4) is 0 Å². The molecule has 0 spiro atoms. The molecule has 0 radical (unpaired) electrons. The minimum Gasteiger partial charge on any atom is -0.229 e. The van der Waals surface area contributed by atoms with Crippen molar-refractivity contribution >= 4 is 12.0 Å². The van der Waals surface area contributed by atoms with Gasteiger partial charge in [0.15, 0.2) is 0 Å². The number of nitrogens with two attached hydrogens (primary N) is 1. The van der Waals surface area contributed by atoms with Gasteiger partial charge in [-0.3, -0.25) is 0 Å². The van der Waals surface area contributed by atoms with Gasteiger partial charge in [-0.1, -0.05) is 0 Å². The summed E-state index contributed by atoms with van der Waals surface area (Å²) in [5.41, 5.74) is 0. The summed E-state index contributed by atoms with van der Waals surface area (Å²) in [6.45, 7) is 0. The lowest BCUT2D eigenvalue weighted by molar-refractivity contribution is 0.395. The molecule has 48 valence electrons. The first-order valence-electron chi connectivity index (χ1n) is 2.24. The minimum atomic E-state index is 0.514. The maximum absolute atomic E-state index is 4.74. The molecule has 0 aliphatic rings. The first kappa shape index (κ1) is 6.47. The first-order valence-corrected chi connectivity index (χ1v) is 2.98. The van der Waals surface area contributed by atoms with E-state index in [4.69, 9.17) is 5.90 Å². The van der Waals surface area contributed by atoms with Crippen molar-refractivity contribution in [1.82, 2.24) is 9.97 Å². The van der Waals surface area contributed by atoms with Gasteiger partial charge in [-0.05, 0) is 6.07 Å². The van der Waals surface area contributed by atoms with Gasteiger partial charge in [0.25, 0.3) is 0 Å². The van der Waals surface area contributed by atoms with E-state index in [0.29, 0.717) is 5.16 Å². The second-order valence-electron chi connectivity index (χ2n) is 1.21. The average molecular weight is 143 g/mol. The molecule has 0 atom stereocenters. The second kappa shape index (κ2) is 3.39. The molecule has 0 unspecified atom stereocenters. The van der Waals surface area contributed by atoms with Gasteiger partial charge in [0.1, 0.15) is 0 Å². The van der Waals surface area contributed by atoms with Crippen molar-refractivity contribution in [2.24, 2.45) is 5.90 Å². The maximum atomic E-state index is 4.74. The van der Waals surface area contributed by atoms with E-state index < -0.39 is 0 Å². The Morgan fingerprint density at radius 2 is 2.11 bits per heavy atom. The molecule has 0 aliphatic carbocycles. The number of rotatable bonds is 2. The molecule has 0 aliphatic heterocycles. The van der Waals surface area contributed by atoms with Crippen LogP contribution in [0.5, 0.6) is 0 Å². The molecule has 1 aromatic heterocycles. The van der Waals surface area contributed by atoms with E-state index in [0.717, 1.165) is 12.0 Å². The smallest absolute Gasteiger partial charge is 0.217 e. The number of aromatic nitrogens is 2. The Labute approximate surface area is 56.6 Å². The fraction of sp³-hybridized carbons (Fsp3) is 0. The predicted molar refractivity (Wildman–Crippen MR) is 33.2 cm³/mol. The lowest BCUT2D eigenvalue weighted by Crippen LogP contribution is -1.90. The highest BCUT2D eigenvalue weighted by molar-refractivity contribution is 7.94. The third kappa shape index (κ3) is 1.96. The van der Waals surface area contributed by atoms with Crippen LogP contribution in [-0.4, -0.2) is 9.97 Å². The monoisotopic (exact) mass is 143 g/mol. The molecular formula is C4H5N3OS. The summed E-state index contributed by atoms with van der Waals surface area (Å²) in [4.78, 5) is 7.63. The lowest BCUT2D eigenvalue weighted by atomic mass is 10.7. The molecule has 0 fully saturated rings. The zero-order valence-electron chi connectivity index (χ0n) is 4.52. The summed E-state index contributed by atoms with van der Waals surface area (Å²) >= 11 is 0.931. The van der Waals surface area contributed by atoms with Crippen molar-refractivity contribution < 1.29 is 4.28 Å². The highest BCUT2D eigenvalue weighted by Crippen LogP contribution is 2.07. The second-order valence-corrected chi connectivity index (χ2v) is 1.94. The quantitative estimate of drug-likeness (QED) is 0.368. The van der Waals surface area contributed by atoms with Gasteiger partial charge in [-0.2, -0.15) is 0 Å². The fourth-order valence-electron chi connectivity index (χ4n) is 0.371. The van der Waals surface area contributed by atoms with Gasteiger partial charge in [-0.25, -0.2) is 20.1 Å². The van der Waals surface area contributed by atoms with E-state index in [-0.39, 0.29) is 0 Å². The first-order chi connectivity index (χ1) is 4.43. The normalized spacial score (nSPS) is 9.44. The third-order valence-electron chi connectivity index (χ3n) is 0.665. The molecular weight excluding hydrogens is 138 g/mol. The Kier molecular flexibility index (Phi) is 2.44. The van der Waals surface area contributed by atoms with Crippen LogP contribution < -0.4 is 5.90 Å². The van der Waals surface area contributed by atoms with Crippen molar-refractivity contribution in [2.75, 3.05) is 0 Å². The minimum absolute atomic E-state index is 0.514. The Balaban J connectivity index is 2.61. The summed E-state index contributed by atoms with van der Waals surface area (Å²) in [5.74, 6) is 4.74. The summed E-state index contributed by atoms with van der Waals surface area (Å²) in [6.07, 6.45) is 3.24. The van der Waals surface area contributed by atoms with Gasteiger partial charge in [0, 0.05) is 12.4 Å². The van der Waals surface area contributed by atoms with Crippen LogP contribution in [-0.2, 0) is 4.28 Å². The van der Waals surface area contributed by atoms with Crippen LogP contribution in [0.2, 0.25) is 0 Å². The van der Waals surface area contributed by atoms with Crippen LogP contribution in [0, 0.1) is 0 Å². The van der Waals surface area contributed by atoms with Crippen molar-refractivity contribution in [1.29, 1.82) is 0 Å². The van der Waals surface area contributed by atoms with Crippen molar-refractivity contribution in [3.05, 3.63) is 18.5 Å². The van der Waals surface area contributed by atoms with Gasteiger partial charge < -0.3 is 0 Å². The molecule has 0 saturated carbocycles. The zero-order valence-corrected chi connectivity index (χ0v) is 5.34. The van der Waals surface area contributed by atoms with E-state index in [1.54, 1.807) is 18.5 Å². The van der Waals surface area contributed by atoms with Crippen molar-refractivity contribution in [3.8, 4) is 0 Å². The lowest BCUT2D eigenvalue weighted by Gasteiger charge is -1.90. The summed E-state index contributed by atoms with van der Waals surface area (Å²) < 4.78 is 4.22. The molecule has 9 heavy (non-hydrogen) atoms. The van der Waals surface area contributed by atoms with Gasteiger partial charge in [0.2, 0.25) is 5.16 Å². The molecule has 0 bridgehead atoms. The highest BCUT2D eigenvalue weighted by Gasteiger charge is 1.91. The Morgan fingerprint density at radius 1 is 1.44 bits per heavy atom. The average Bonchev–Trinajstić information content (AvgIpc) is 1.91. The molecule has 0 amide bonds. The predicted octanol–water partition coefficient (Wildman–Crippen LogP) is 0.374. The highest BCUT2D eigenvalue weighted by atomic mass is 32.2. The summed E-state index contributed by atoms with van der Waals surface area (Å²) in [5, 5.41) is 0.514. The standard InChI is InChI=1S/C4H5N3OS/c5-8-9-4-6-2-1-3-7-4/h1-3H,5H2. The fourth-order valence-corrected chi connectivity index (χ4v) is 0.665. The topological polar surface area (TPSA) is 61.0 Å². The van der Waals surface area contributed by atoms with Crippen molar-refractivity contribution in [3.63, 3.8) is 0 Å². The molecule has 5 heteroatoms. The molecule has 0 aromatic carbocycles. The number of hydrogen-bond donors (Lipinski definition) is 1. The van der Waals surface area contributed by atoms with E-state index in [1.165, 1.54) is 0 Å². The van der Waals surface area contributed by atoms with Gasteiger partial charge in [-0.15, -0.1) is 0 Å². The zero-order chi connectivity index (χ0) is 6.53. The SMILES string of the molecule is NOSc1ncccn1. The largest absolute Gasteiger partial charge is 0.229 e. The van der Waals surface area contributed by atoms with Crippen LogP contribution in [0.1, 0.15) is 0 Å². The van der Waals surface area contributed by atoms with E-state index in [9.17, 15) is 0 Å². The molecule has 1 rings (SSSR count). The van der Waals surface area contributed by atoms with Crippen LogP contribution in [0.15, 0.2) is 23.6 Å². The van der Waals surface area contributed by atoms with E-state index >= 15 is 0 Å². The molecule has 1 heterocycles. The Morgan fingerprint density at radius 3 is 2.67 bits per heavy atom.